The van der Waals surface area contributed by atoms with E-state index in [4.69, 9.17) is 11.6 Å². The van der Waals surface area contributed by atoms with Gasteiger partial charge in [-0.15, -0.1) is 0 Å². The molecule has 1 fully saturated rings. The summed E-state index contributed by atoms with van der Waals surface area (Å²) < 4.78 is 0. The van der Waals surface area contributed by atoms with Crippen molar-refractivity contribution < 1.29 is 4.79 Å². The summed E-state index contributed by atoms with van der Waals surface area (Å²) in [6.07, 6.45) is 2.97. The average Bonchev–Trinajstić information content (AvgIpc) is 2.38. The van der Waals surface area contributed by atoms with E-state index in [1.54, 1.807) is 6.92 Å². The van der Waals surface area contributed by atoms with Crippen molar-refractivity contribution in [1.82, 2.24) is 4.90 Å². The standard InChI is InChI=1S/C16H22ClNO/c1-12-7-9-18(10-8-12)16(11-13(2)19)14-5-3-4-6-15(14)17/h3-6,12,16H,7-11H2,1-2H3. The fourth-order valence-electron chi connectivity index (χ4n) is 2.79. The number of likely N-dealkylation sites (tertiary alicyclic amines) is 1. The van der Waals surface area contributed by atoms with Gasteiger partial charge in [0.15, 0.2) is 0 Å². The van der Waals surface area contributed by atoms with Crippen LogP contribution >= 0.6 is 11.6 Å². The Balaban J connectivity index is 2.21. The van der Waals surface area contributed by atoms with E-state index in [1.807, 2.05) is 24.3 Å². The van der Waals surface area contributed by atoms with Gasteiger partial charge >= 0.3 is 0 Å². The smallest absolute Gasteiger partial charge is 0.131 e. The molecular formula is C16H22ClNO. The molecule has 1 unspecified atom stereocenters. The summed E-state index contributed by atoms with van der Waals surface area (Å²) in [5.74, 6) is 1.02. The van der Waals surface area contributed by atoms with Crippen LogP contribution in [-0.2, 0) is 4.79 Å². The molecule has 19 heavy (non-hydrogen) atoms. The van der Waals surface area contributed by atoms with Crippen molar-refractivity contribution in [1.29, 1.82) is 0 Å². The molecule has 0 spiro atoms. The average molecular weight is 280 g/mol. The Bertz CT molecular complexity index is 438. The molecule has 1 atom stereocenters. The molecule has 0 aliphatic carbocycles. The number of carbonyl (C=O) groups excluding carboxylic acids is 1. The second-order valence-corrected chi connectivity index (χ2v) is 6.07. The second-order valence-electron chi connectivity index (χ2n) is 5.66. The second kappa shape index (κ2) is 6.53. The number of carbonyl (C=O) groups is 1. The number of hydrogen-bond donors (Lipinski definition) is 0. The molecule has 1 aromatic carbocycles. The van der Waals surface area contributed by atoms with Crippen molar-refractivity contribution >= 4 is 17.4 Å². The fraction of sp³-hybridized carbons (Fsp3) is 0.562. The molecule has 1 aliphatic rings. The Labute approximate surface area is 120 Å². The van der Waals surface area contributed by atoms with Crippen LogP contribution < -0.4 is 0 Å². The first-order chi connectivity index (χ1) is 9.08. The van der Waals surface area contributed by atoms with E-state index in [1.165, 1.54) is 12.8 Å². The Hall–Kier alpha value is -0.860. The van der Waals surface area contributed by atoms with Crippen LogP contribution in [0.25, 0.3) is 0 Å². The molecule has 104 valence electrons. The maximum Gasteiger partial charge on any atom is 0.131 e. The van der Waals surface area contributed by atoms with Crippen LogP contribution in [-0.4, -0.2) is 23.8 Å². The number of piperidine rings is 1. The zero-order chi connectivity index (χ0) is 13.8. The van der Waals surface area contributed by atoms with Crippen molar-refractivity contribution in [3.05, 3.63) is 34.9 Å². The zero-order valence-corrected chi connectivity index (χ0v) is 12.5. The number of hydrogen-bond acceptors (Lipinski definition) is 2. The minimum atomic E-state index is 0.138. The number of benzene rings is 1. The molecule has 0 bridgehead atoms. The number of Topliss-reactive ketones (excluding diaryl/α,β-unsaturated/α-hetero) is 1. The molecule has 3 heteroatoms. The third-order valence-corrected chi connectivity index (χ3v) is 4.35. The van der Waals surface area contributed by atoms with Crippen LogP contribution in [0.2, 0.25) is 5.02 Å². The first kappa shape index (κ1) is 14.5. The molecule has 1 saturated heterocycles. The topological polar surface area (TPSA) is 20.3 Å². The van der Waals surface area contributed by atoms with Gasteiger partial charge in [0, 0.05) is 17.5 Å². The lowest BCUT2D eigenvalue weighted by atomic mass is 9.93. The van der Waals surface area contributed by atoms with Crippen molar-refractivity contribution in [3.8, 4) is 0 Å². The van der Waals surface area contributed by atoms with Crippen molar-refractivity contribution in [2.75, 3.05) is 13.1 Å². The lowest BCUT2D eigenvalue weighted by molar-refractivity contribution is -0.118. The predicted molar refractivity (Wildman–Crippen MR) is 79.5 cm³/mol. The number of nitrogens with zero attached hydrogens (tertiary/aromatic N) is 1. The summed E-state index contributed by atoms with van der Waals surface area (Å²) in [6, 6.07) is 8.04. The highest BCUT2D eigenvalue weighted by molar-refractivity contribution is 6.31. The van der Waals surface area contributed by atoms with E-state index in [0.717, 1.165) is 29.6 Å². The van der Waals surface area contributed by atoms with Crippen LogP contribution in [0.15, 0.2) is 24.3 Å². The van der Waals surface area contributed by atoms with Crippen LogP contribution in [0.5, 0.6) is 0 Å². The van der Waals surface area contributed by atoms with E-state index in [0.29, 0.717) is 6.42 Å². The maximum atomic E-state index is 11.6. The zero-order valence-electron chi connectivity index (χ0n) is 11.7. The molecule has 0 amide bonds. The summed E-state index contributed by atoms with van der Waals surface area (Å²) in [6.45, 7) is 6.08. The van der Waals surface area contributed by atoms with Crippen LogP contribution in [0, 0.1) is 5.92 Å². The van der Waals surface area contributed by atoms with Gasteiger partial charge < -0.3 is 0 Å². The normalized spacial score (nSPS) is 19.3. The number of ketones is 1. The van der Waals surface area contributed by atoms with Crippen LogP contribution in [0.3, 0.4) is 0 Å². The summed E-state index contributed by atoms with van der Waals surface area (Å²) >= 11 is 6.31. The lowest BCUT2D eigenvalue weighted by Gasteiger charge is -2.37. The number of halogens is 1. The van der Waals surface area contributed by atoms with E-state index in [-0.39, 0.29) is 11.8 Å². The Morgan fingerprint density at radius 2 is 2.00 bits per heavy atom. The van der Waals surface area contributed by atoms with Crippen molar-refractivity contribution in [2.45, 2.75) is 39.2 Å². The minimum Gasteiger partial charge on any atom is -0.300 e. The van der Waals surface area contributed by atoms with Gasteiger partial charge in [0.25, 0.3) is 0 Å². The third-order valence-electron chi connectivity index (χ3n) is 4.00. The number of rotatable bonds is 4. The lowest BCUT2D eigenvalue weighted by Crippen LogP contribution is -2.37. The van der Waals surface area contributed by atoms with Crippen LogP contribution in [0.1, 0.15) is 44.7 Å². The van der Waals surface area contributed by atoms with Gasteiger partial charge in [-0.3, -0.25) is 9.69 Å². The van der Waals surface area contributed by atoms with Gasteiger partial charge in [-0.2, -0.15) is 0 Å². The minimum absolute atomic E-state index is 0.138. The summed E-state index contributed by atoms with van der Waals surface area (Å²) in [5, 5.41) is 0.771. The maximum absolute atomic E-state index is 11.6. The van der Waals surface area contributed by atoms with Gasteiger partial charge in [-0.1, -0.05) is 36.7 Å². The Morgan fingerprint density at radius 3 is 2.58 bits per heavy atom. The fourth-order valence-corrected chi connectivity index (χ4v) is 3.06. The van der Waals surface area contributed by atoms with E-state index >= 15 is 0 Å². The first-order valence-corrected chi connectivity index (χ1v) is 7.43. The van der Waals surface area contributed by atoms with Gasteiger partial charge in [0.1, 0.15) is 5.78 Å². The van der Waals surface area contributed by atoms with Gasteiger partial charge in [0.2, 0.25) is 0 Å². The largest absolute Gasteiger partial charge is 0.300 e. The molecule has 0 radical (unpaired) electrons. The monoisotopic (exact) mass is 279 g/mol. The van der Waals surface area contributed by atoms with Gasteiger partial charge in [-0.05, 0) is 50.4 Å². The molecular weight excluding hydrogens is 258 g/mol. The summed E-state index contributed by atoms with van der Waals surface area (Å²) in [4.78, 5) is 14.0. The van der Waals surface area contributed by atoms with Gasteiger partial charge in [-0.25, -0.2) is 0 Å². The molecule has 2 nitrogen and oxygen atoms in total. The highest BCUT2D eigenvalue weighted by Gasteiger charge is 2.26. The SMILES string of the molecule is CC(=O)CC(c1ccccc1Cl)N1CCC(C)CC1. The Kier molecular flexibility index (Phi) is 5.00. The molecule has 1 aromatic rings. The molecule has 1 aliphatic heterocycles. The van der Waals surface area contributed by atoms with Crippen LogP contribution in [0.4, 0.5) is 0 Å². The molecule has 0 saturated carbocycles. The quantitative estimate of drug-likeness (QED) is 0.827. The predicted octanol–water partition coefficient (Wildman–Crippen LogP) is 4.09. The summed E-state index contributed by atoms with van der Waals surface area (Å²) in [7, 11) is 0. The highest BCUT2D eigenvalue weighted by Crippen LogP contribution is 2.33. The van der Waals surface area contributed by atoms with Crippen molar-refractivity contribution in [3.63, 3.8) is 0 Å². The van der Waals surface area contributed by atoms with E-state index in [9.17, 15) is 4.79 Å². The molecule has 0 aromatic heterocycles. The Morgan fingerprint density at radius 1 is 1.37 bits per heavy atom. The third kappa shape index (κ3) is 3.80. The first-order valence-electron chi connectivity index (χ1n) is 7.06. The van der Waals surface area contributed by atoms with Gasteiger partial charge in [0.05, 0.1) is 0 Å². The molecule has 1 heterocycles. The van der Waals surface area contributed by atoms with Crippen molar-refractivity contribution in [2.24, 2.45) is 5.92 Å². The summed E-state index contributed by atoms with van der Waals surface area (Å²) in [5.41, 5.74) is 1.09. The van der Waals surface area contributed by atoms with E-state index in [2.05, 4.69) is 11.8 Å². The van der Waals surface area contributed by atoms with E-state index < -0.39 is 0 Å². The highest BCUT2D eigenvalue weighted by atomic mass is 35.5. The molecule has 2 rings (SSSR count). The molecule has 0 N–H and O–H groups in total.